The van der Waals surface area contributed by atoms with Crippen molar-refractivity contribution in [3.05, 3.63) is 12.4 Å². The van der Waals surface area contributed by atoms with E-state index in [9.17, 15) is 8.42 Å². The molecule has 0 saturated heterocycles. The maximum Gasteiger partial charge on any atom is 0.270 e. The van der Waals surface area contributed by atoms with Crippen molar-refractivity contribution >= 4 is 10.1 Å². The maximum atomic E-state index is 11.4. The van der Waals surface area contributed by atoms with E-state index in [1.807, 2.05) is 36.0 Å². The predicted molar refractivity (Wildman–Crippen MR) is 58.2 cm³/mol. The molecule has 1 aliphatic heterocycles. The van der Waals surface area contributed by atoms with E-state index in [1.54, 1.807) is 6.92 Å². The highest BCUT2D eigenvalue weighted by molar-refractivity contribution is 7.86. The van der Waals surface area contributed by atoms with Crippen LogP contribution in [-0.2, 0) is 14.3 Å². The number of rotatable bonds is 5. The first-order chi connectivity index (χ1) is 7.04. The molecular weight excluding hydrogens is 216 g/mol. The molecule has 0 aromatic heterocycles. The average molecular weight is 234 g/mol. The van der Waals surface area contributed by atoms with Gasteiger partial charge in [-0.25, -0.2) is 4.18 Å². The highest BCUT2D eigenvalue weighted by atomic mass is 32.2. The van der Waals surface area contributed by atoms with Crippen LogP contribution >= 0.6 is 0 Å². The molecule has 0 radical (unpaired) electrons. The van der Waals surface area contributed by atoms with Crippen molar-refractivity contribution in [2.24, 2.45) is 0 Å². The van der Waals surface area contributed by atoms with Crippen LogP contribution < -0.4 is 0 Å². The zero-order chi connectivity index (χ0) is 11.5. The zero-order valence-electron chi connectivity index (χ0n) is 9.38. The minimum Gasteiger partial charge on any atom is -0.333 e. The van der Waals surface area contributed by atoms with Gasteiger partial charge in [0, 0.05) is 25.5 Å². The third-order valence-corrected chi connectivity index (χ3v) is 3.51. The molecule has 6 heteroatoms. The molecule has 0 aromatic carbocycles. The Balaban J connectivity index is 2.74. The van der Waals surface area contributed by atoms with E-state index in [0.29, 0.717) is 0 Å². The van der Waals surface area contributed by atoms with Crippen LogP contribution in [0.5, 0.6) is 0 Å². The van der Waals surface area contributed by atoms with E-state index >= 15 is 0 Å². The van der Waals surface area contributed by atoms with E-state index in [4.69, 9.17) is 4.18 Å². The van der Waals surface area contributed by atoms with Crippen LogP contribution in [0.1, 0.15) is 20.8 Å². The fourth-order valence-electron chi connectivity index (χ4n) is 1.34. The second-order valence-electron chi connectivity index (χ2n) is 3.23. The molecule has 0 amide bonds. The molecule has 0 N–H and O–H groups in total. The average Bonchev–Trinajstić information content (AvgIpc) is 2.59. The fourth-order valence-corrected chi connectivity index (χ4v) is 1.96. The van der Waals surface area contributed by atoms with Gasteiger partial charge in [0.2, 0.25) is 6.35 Å². The lowest BCUT2D eigenvalue weighted by Gasteiger charge is -2.29. The van der Waals surface area contributed by atoms with Crippen molar-refractivity contribution in [3.8, 4) is 0 Å². The molecule has 0 unspecified atom stereocenters. The monoisotopic (exact) mass is 234 g/mol. The molecule has 1 rings (SSSR count). The minimum absolute atomic E-state index is 0.00138. The van der Waals surface area contributed by atoms with Gasteiger partial charge in [0.05, 0.1) is 5.75 Å². The molecule has 0 spiro atoms. The maximum absolute atomic E-state index is 11.4. The first-order valence-corrected chi connectivity index (χ1v) is 6.72. The Hall–Kier alpha value is -0.750. The quantitative estimate of drug-likeness (QED) is 0.657. The van der Waals surface area contributed by atoms with Crippen molar-refractivity contribution in [1.82, 2.24) is 9.80 Å². The van der Waals surface area contributed by atoms with E-state index in [2.05, 4.69) is 0 Å². The van der Waals surface area contributed by atoms with Crippen LogP contribution in [0.25, 0.3) is 0 Å². The van der Waals surface area contributed by atoms with Crippen molar-refractivity contribution in [2.75, 3.05) is 18.8 Å². The molecule has 15 heavy (non-hydrogen) atoms. The summed E-state index contributed by atoms with van der Waals surface area (Å²) < 4.78 is 27.9. The topological polar surface area (TPSA) is 49.9 Å². The molecular formula is C9H18N2O3S. The van der Waals surface area contributed by atoms with Gasteiger partial charge < -0.3 is 9.80 Å². The summed E-state index contributed by atoms with van der Waals surface area (Å²) in [6.07, 6.45) is 3.18. The predicted octanol–water partition coefficient (Wildman–Crippen LogP) is 0.765. The Labute approximate surface area is 91.4 Å². The Morgan fingerprint density at radius 1 is 1.13 bits per heavy atom. The van der Waals surface area contributed by atoms with E-state index in [0.717, 1.165) is 13.1 Å². The van der Waals surface area contributed by atoms with Gasteiger partial charge in [-0.15, -0.1) is 0 Å². The molecule has 0 aliphatic carbocycles. The Morgan fingerprint density at radius 3 is 1.93 bits per heavy atom. The van der Waals surface area contributed by atoms with Gasteiger partial charge in [-0.3, -0.25) is 0 Å². The fraction of sp³-hybridized carbons (Fsp3) is 0.778. The van der Waals surface area contributed by atoms with Gasteiger partial charge in [-0.05, 0) is 20.8 Å². The van der Waals surface area contributed by atoms with Crippen molar-refractivity contribution in [2.45, 2.75) is 27.1 Å². The summed E-state index contributed by atoms with van der Waals surface area (Å²) in [5.41, 5.74) is 0. The molecule has 1 aliphatic rings. The summed E-state index contributed by atoms with van der Waals surface area (Å²) in [6.45, 7) is 6.93. The summed E-state index contributed by atoms with van der Waals surface area (Å²) in [5, 5.41) is 0. The second kappa shape index (κ2) is 4.85. The van der Waals surface area contributed by atoms with E-state index < -0.39 is 16.5 Å². The minimum atomic E-state index is -3.41. The van der Waals surface area contributed by atoms with Gasteiger partial charge in [0.1, 0.15) is 0 Å². The van der Waals surface area contributed by atoms with Crippen molar-refractivity contribution in [1.29, 1.82) is 0 Å². The molecule has 88 valence electrons. The van der Waals surface area contributed by atoms with Gasteiger partial charge in [-0.2, -0.15) is 8.42 Å². The Bertz CT molecular complexity index is 312. The highest BCUT2D eigenvalue weighted by Crippen LogP contribution is 2.18. The van der Waals surface area contributed by atoms with Gasteiger partial charge in [0.15, 0.2) is 0 Å². The lowest BCUT2D eigenvalue weighted by molar-refractivity contribution is -0.0156. The molecule has 0 aromatic rings. The van der Waals surface area contributed by atoms with Crippen molar-refractivity contribution in [3.63, 3.8) is 0 Å². The summed E-state index contributed by atoms with van der Waals surface area (Å²) in [5.74, 6) is -0.00138. The van der Waals surface area contributed by atoms with Crippen molar-refractivity contribution < 1.29 is 12.6 Å². The van der Waals surface area contributed by atoms with Crippen LogP contribution in [0.4, 0.5) is 0 Å². The Kier molecular flexibility index (Phi) is 3.98. The smallest absolute Gasteiger partial charge is 0.270 e. The second-order valence-corrected chi connectivity index (χ2v) is 5.11. The van der Waals surface area contributed by atoms with Gasteiger partial charge in [0.25, 0.3) is 10.1 Å². The molecule has 0 saturated carbocycles. The van der Waals surface area contributed by atoms with Crippen LogP contribution in [0, 0.1) is 0 Å². The molecule has 0 bridgehead atoms. The summed E-state index contributed by atoms with van der Waals surface area (Å²) in [7, 11) is -3.41. The largest absolute Gasteiger partial charge is 0.333 e. The number of hydrogen-bond acceptors (Lipinski definition) is 5. The van der Waals surface area contributed by atoms with Crippen LogP contribution in [0.2, 0.25) is 0 Å². The third-order valence-electron chi connectivity index (χ3n) is 2.33. The summed E-state index contributed by atoms with van der Waals surface area (Å²) in [6, 6.07) is 0. The Morgan fingerprint density at radius 2 is 1.60 bits per heavy atom. The summed E-state index contributed by atoms with van der Waals surface area (Å²) >= 11 is 0. The molecule has 0 fully saturated rings. The molecule has 1 heterocycles. The number of nitrogens with zero attached hydrogens (tertiary/aromatic N) is 2. The lowest BCUT2D eigenvalue weighted by Crippen LogP contribution is -2.42. The summed E-state index contributed by atoms with van der Waals surface area (Å²) in [4.78, 5) is 3.69. The van der Waals surface area contributed by atoms with Gasteiger partial charge in [-0.1, -0.05) is 0 Å². The first kappa shape index (κ1) is 12.3. The standard InChI is InChI=1S/C9H18N2O3S/c1-4-10-7-8-11(5-2)9(10)14-15(12,13)6-3/h7-9H,4-6H2,1-3H3. The first-order valence-electron chi connectivity index (χ1n) is 5.14. The van der Waals surface area contributed by atoms with E-state index in [-0.39, 0.29) is 5.75 Å². The van der Waals surface area contributed by atoms with Crippen LogP contribution in [0.15, 0.2) is 12.4 Å². The molecule has 0 atom stereocenters. The SMILES string of the molecule is CCN1C=CN(CC)C1OS(=O)(=O)CC. The zero-order valence-corrected chi connectivity index (χ0v) is 10.2. The third kappa shape index (κ3) is 2.85. The van der Waals surface area contributed by atoms with Gasteiger partial charge >= 0.3 is 0 Å². The molecule has 5 nitrogen and oxygen atoms in total. The van der Waals surface area contributed by atoms with E-state index in [1.165, 1.54) is 0 Å². The number of hydrogen-bond donors (Lipinski definition) is 0. The normalized spacial score (nSPS) is 17.8. The highest BCUT2D eigenvalue weighted by Gasteiger charge is 2.29. The lowest BCUT2D eigenvalue weighted by atomic mass is 10.6. The van der Waals surface area contributed by atoms with Crippen LogP contribution in [-0.4, -0.2) is 43.4 Å². The van der Waals surface area contributed by atoms with Crippen LogP contribution in [0.3, 0.4) is 0 Å².